The minimum absolute atomic E-state index is 0.0296. The van der Waals surface area contributed by atoms with Gasteiger partial charge < -0.3 is 21.1 Å². The van der Waals surface area contributed by atoms with Crippen LogP contribution in [0.2, 0.25) is 0 Å². The summed E-state index contributed by atoms with van der Waals surface area (Å²) < 4.78 is 27.3. The molecule has 3 heterocycles. The number of hydrogen-bond acceptors (Lipinski definition) is 10. The standard InChI is InChI=1S/C24H27N7O3S2/c1-26-19-4-2-3-15-16(19)8-20-21(15)23(31-11-17-18(12-31)22(17)25)30-24(29-20)35-13-7-14(10-27-9-13)36(33,34)28-5-6-32/h2-4,7,9-10,17-18,22,26,28,32H,5-6,8,11-12,25H2,1H3. The Morgan fingerprint density at radius 2 is 2.03 bits per heavy atom. The highest BCUT2D eigenvalue weighted by Crippen LogP contribution is 2.50. The predicted molar refractivity (Wildman–Crippen MR) is 138 cm³/mol. The van der Waals surface area contributed by atoms with Crippen LogP contribution in [-0.4, -0.2) is 67.8 Å². The Labute approximate surface area is 213 Å². The molecule has 2 aromatic heterocycles. The molecular formula is C24H27N7O3S2. The summed E-state index contributed by atoms with van der Waals surface area (Å²) in [4.78, 5) is 17.0. The minimum Gasteiger partial charge on any atom is -0.395 e. The normalized spacial score (nSPS) is 21.8. The first kappa shape index (κ1) is 23.6. The lowest BCUT2D eigenvalue weighted by Crippen LogP contribution is -2.29. The lowest BCUT2D eigenvalue weighted by Gasteiger charge is -2.23. The number of aromatic nitrogens is 3. The van der Waals surface area contributed by atoms with Crippen LogP contribution >= 0.6 is 11.8 Å². The van der Waals surface area contributed by atoms with E-state index in [4.69, 9.17) is 20.8 Å². The molecule has 5 N–H and O–H groups in total. The monoisotopic (exact) mass is 525 g/mol. The molecule has 0 radical (unpaired) electrons. The smallest absolute Gasteiger partial charge is 0.242 e. The Morgan fingerprint density at radius 1 is 1.22 bits per heavy atom. The van der Waals surface area contributed by atoms with Gasteiger partial charge in [0.2, 0.25) is 10.0 Å². The summed E-state index contributed by atoms with van der Waals surface area (Å²) in [5.74, 6) is 1.93. The van der Waals surface area contributed by atoms with Gasteiger partial charge in [-0.25, -0.2) is 23.1 Å². The van der Waals surface area contributed by atoms with Crippen LogP contribution in [0.1, 0.15) is 11.3 Å². The summed E-state index contributed by atoms with van der Waals surface area (Å²) >= 11 is 1.29. The van der Waals surface area contributed by atoms with E-state index in [1.807, 2.05) is 13.1 Å². The number of anilines is 2. The van der Waals surface area contributed by atoms with E-state index in [9.17, 15) is 8.42 Å². The molecule has 2 atom stereocenters. The van der Waals surface area contributed by atoms with Gasteiger partial charge >= 0.3 is 0 Å². The van der Waals surface area contributed by atoms with Crippen molar-refractivity contribution in [3.05, 3.63) is 47.9 Å². The van der Waals surface area contributed by atoms with Crippen LogP contribution in [0, 0.1) is 11.8 Å². The second-order valence-electron chi connectivity index (χ2n) is 9.30. The van der Waals surface area contributed by atoms with Gasteiger partial charge in [-0.15, -0.1) is 0 Å². The molecule has 12 heteroatoms. The van der Waals surface area contributed by atoms with E-state index < -0.39 is 10.0 Å². The molecular weight excluding hydrogens is 498 g/mol. The number of nitrogens with two attached hydrogens (primary N) is 1. The zero-order valence-corrected chi connectivity index (χ0v) is 21.3. The fraction of sp³-hybridized carbons (Fsp3) is 0.375. The Bertz CT molecular complexity index is 1440. The Kier molecular flexibility index (Phi) is 5.88. The maximum absolute atomic E-state index is 12.5. The van der Waals surface area contributed by atoms with Crippen molar-refractivity contribution >= 4 is 33.3 Å². The molecule has 1 aliphatic heterocycles. The molecule has 6 rings (SSSR count). The number of nitrogens with zero attached hydrogens (tertiary/aromatic N) is 4. The fourth-order valence-electron chi connectivity index (χ4n) is 5.28. The summed E-state index contributed by atoms with van der Waals surface area (Å²) in [6.07, 6.45) is 3.58. The van der Waals surface area contributed by atoms with Gasteiger partial charge in [-0.2, -0.15) is 0 Å². The average Bonchev–Trinajstić information content (AvgIpc) is 3.22. The van der Waals surface area contributed by atoms with Crippen LogP contribution in [0.4, 0.5) is 11.5 Å². The number of hydrogen-bond donors (Lipinski definition) is 4. The number of aliphatic hydroxyl groups excluding tert-OH is 1. The molecule has 0 spiro atoms. The van der Waals surface area contributed by atoms with Crippen molar-refractivity contribution in [2.24, 2.45) is 17.6 Å². The van der Waals surface area contributed by atoms with E-state index >= 15 is 0 Å². The number of fused-ring (bicyclic) bond motifs is 4. The molecule has 3 aliphatic rings. The summed E-state index contributed by atoms with van der Waals surface area (Å²) in [6.45, 7) is 1.42. The van der Waals surface area contributed by atoms with Crippen LogP contribution in [0.3, 0.4) is 0 Å². The molecule has 2 fully saturated rings. The van der Waals surface area contributed by atoms with Gasteiger partial charge in [0, 0.05) is 67.7 Å². The van der Waals surface area contributed by atoms with Gasteiger partial charge in [-0.3, -0.25) is 4.98 Å². The topological polar surface area (TPSA) is 146 Å². The third-order valence-electron chi connectivity index (χ3n) is 7.17. The van der Waals surface area contributed by atoms with Crippen molar-refractivity contribution in [2.45, 2.75) is 27.4 Å². The first-order valence-electron chi connectivity index (χ1n) is 11.8. The number of nitrogens with one attached hydrogen (secondary N) is 2. The molecule has 10 nitrogen and oxygen atoms in total. The molecule has 2 aliphatic carbocycles. The van der Waals surface area contributed by atoms with Crippen LogP contribution in [0.5, 0.6) is 0 Å². The zero-order chi connectivity index (χ0) is 25.0. The number of sulfonamides is 1. The molecule has 2 unspecified atom stereocenters. The number of benzene rings is 1. The van der Waals surface area contributed by atoms with Gasteiger partial charge in [0.1, 0.15) is 10.7 Å². The number of piperidine rings is 1. The van der Waals surface area contributed by atoms with E-state index in [-0.39, 0.29) is 24.1 Å². The maximum Gasteiger partial charge on any atom is 0.242 e. The minimum atomic E-state index is -3.77. The Morgan fingerprint density at radius 3 is 2.78 bits per heavy atom. The summed E-state index contributed by atoms with van der Waals surface area (Å²) in [7, 11) is -1.85. The number of pyridine rings is 1. The zero-order valence-electron chi connectivity index (χ0n) is 19.7. The summed E-state index contributed by atoms with van der Waals surface area (Å²) in [6, 6.07) is 8.07. The quantitative estimate of drug-likeness (QED) is 0.248. The van der Waals surface area contributed by atoms with Gasteiger partial charge in [0.25, 0.3) is 0 Å². The lowest BCUT2D eigenvalue weighted by molar-refractivity contribution is 0.301. The van der Waals surface area contributed by atoms with Gasteiger partial charge in [-0.1, -0.05) is 12.1 Å². The second kappa shape index (κ2) is 8.96. The number of rotatable bonds is 8. The van der Waals surface area contributed by atoms with E-state index in [1.54, 1.807) is 12.3 Å². The van der Waals surface area contributed by atoms with Crippen molar-refractivity contribution in [3.8, 4) is 11.1 Å². The Balaban J connectivity index is 1.37. The van der Waals surface area contributed by atoms with Crippen molar-refractivity contribution in [2.75, 3.05) is 43.5 Å². The molecule has 0 amide bonds. The third kappa shape index (κ3) is 4.02. The van der Waals surface area contributed by atoms with E-state index in [2.05, 4.69) is 32.1 Å². The van der Waals surface area contributed by atoms with Crippen molar-refractivity contribution in [3.63, 3.8) is 0 Å². The molecule has 0 bridgehead atoms. The highest BCUT2D eigenvalue weighted by molar-refractivity contribution is 7.99. The van der Waals surface area contributed by atoms with E-state index in [0.29, 0.717) is 28.3 Å². The van der Waals surface area contributed by atoms with Crippen LogP contribution in [0.15, 0.2) is 51.6 Å². The first-order valence-corrected chi connectivity index (χ1v) is 14.1. The molecule has 1 saturated carbocycles. The van der Waals surface area contributed by atoms with Crippen LogP contribution in [0.25, 0.3) is 11.1 Å². The first-order chi connectivity index (χ1) is 17.4. The van der Waals surface area contributed by atoms with Crippen LogP contribution < -0.4 is 20.7 Å². The van der Waals surface area contributed by atoms with Gasteiger partial charge in [0.15, 0.2) is 5.16 Å². The highest BCUT2D eigenvalue weighted by Gasteiger charge is 2.54. The molecule has 3 aromatic rings. The second-order valence-corrected chi connectivity index (χ2v) is 12.1. The largest absolute Gasteiger partial charge is 0.395 e. The summed E-state index contributed by atoms with van der Waals surface area (Å²) in [5, 5.41) is 12.8. The van der Waals surface area contributed by atoms with Crippen molar-refractivity contribution in [1.82, 2.24) is 19.7 Å². The van der Waals surface area contributed by atoms with Crippen molar-refractivity contribution < 1.29 is 13.5 Å². The van der Waals surface area contributed by atoms with Crippen molar-refractivity contribution in [1.29, 1.82) is 0 Å². The molecule has 188 valence electrons. The molecule has 1 aromatic carbocycles. The van der Waals surface area contributed by atoms with Crippen LogP contribution in [-0.2, 0) is 16.4 Å². The van der Waals surface area contributed by atoms with E-state index in [1.165, 1.54) is 23.5 Å². The highest BCUT2D eigenvalue weighted by atomic mass is 32.2. The number of aliphatic hydroxyl groups is 1. The average molecular weight is 526 g/mol. The van der Waals surface area contributed by atoms with Gasteiger partial charge in [0.05, 0.1) is 12.3 Å². The molecule has 36 heavy (non-hydrogen) atoms. The summed E-state index contributed by atoms with van der Waals surface area (Å²) in [5.41, 5.74) is 11.7. The third-order valence-corrected chi connectivity index (χ3v) is 9.43. The fourth-order valence-corrected chi connectivity index (χ4v) is 7.16. The SMILES string of the molecule is CNc1cccc2c1Cc1nc(Sc3cncc(S(=O)(=O)NCCO)c3)nc(N3CC4C(N)C4C3)c1-2. The predicted octanol–water partition coefficient (Wildman–Crippen LogP) is 1.30. The molecule has 1 saturated heterocycles. The van der Waals surface area contributed by atoms with E-state index in [0.717, 1.165) is 41.4 Å². The van der Waals surface area contributed by atoms with Gasteiger partial charge in [-0.05, 0) is 46.9 Å². The Hall–Kier alpha value is -2.77. The maximum atomic E-state index is 12.5. The lowest BCUT2D eigenvalue weighted by atomic mass is 10.1.